The van der Waals surface area contributed by atoms with E-state index < -0.39 is 6.04 Å². The molecule has 1 atom stereocenters. The van der Waals surface area contributed by atoms with Gasteiger partial charge in [0, 0.05) is 12.7 Å². The van der Waals surface area contributed by atoms with E-state index in [-0.39, 0.29) is 5.91 Å². The van der Waals surface area contributed by atoms with Gasteiger partial charge in [-0.2, -0.15) is 0 Å². The van der Waals surface area contributed by atoms with Gasteiger partial charge in [0.05, 0.1) is 6.04 Å². The smallest absolute Gasteiger partial charge is 0.243 e. The van der Waals surface area contributed by atoms with Gasteiger partial charge in [0.2, 0.25) is 5.91 Å². The summed E-state index contributed by atoms with van der Waals surface area (Å²) < 4.78 is 0. The Morgan fingerprint density at radius 3 is 2.58 bits per heavy atom. The van der Waals surface area contributed by atoms with Gasteiger partial charge in [-0.15, -0.1) is 0 Å². The van der Waals surface area contributed by atoms with Crippen molar-refractivity contribution in [3.8, 4) is 11.1 Å². The van der Waals surface area contributed by atoms with E-state index in [0.717, 1.165) is 22.4 Å². The molecule has 2 aromatic rings. The highest BCUT2D eigenvalue weighted by atomic mass is 16.2. The predicted molar refractivity (Wildman–Crippen MR) is 77.0 cm³/mol. The molecule has 0 saturated carbocycles. The first-order valence-corrected chi connectivity index (χ1v) is 6.38. The van der Waals surface area contributed by atoms with E-state index in [1.54, 1.807) is 11.9 Å². The monoisotopic (exact) mass is 252 g/mol. The fourth-order valence-corrected chi connectivity index (χ4v) is 2.55. The number of carbonyl (C=O) groups excluding carboxylic acids is 1. The van der Waals surface area contributed by atoms with Crippen LogP contribution >= 0.6 is 0 Å². The van der Waals surface area contributed by atoms with Gasteiger partial charge in [-0.05, 0) is 29.2 Å². The average molecular weight is 252 g/mol. The Bertz CT molecular complexity index is 622. The third-order valence-corrected chi connectivity index (χ3v) is 3.64. The first kappa shape index (κ1) is 11.9. The molecule has 1 aliphatic heterocycles. The van der Waals surface area contributed by atoms with Gasteiger partial charge in [0.25, 0.3) is 0 Å². The van der Waals surface area contributed by atoms with Crippen molar-refractivity contribution in [1.29, 1.82) is 0 Å². The lowest BCUT2D eigenvalue weighted by Crippen LogP contribution is -2.46. The number of hydrogen-bond donors (Lipinski definition) is 1. The minimum absolute atomic E-state index is 0.0160. The topological polar surface area (TPSA) is 46.3 Å². The summed E-state index contributed by atoms with van der Waals surface area (Å²) in [6.45, 7) is 0. The summed E-state index contributed by atoms with van der Waals surface area (Å²) in [6.07, 6.45) is 0.619. The van der Waals surface area contributed by atoms with Gasteiger partial charge in [-0.1, -0.05) is 42.5 Å². The van der Waals surface area contributed by atoms with Gasteiger partial charge in [0.1, 0.15) is 0 Å². The van der Waals surface area contributed by atoms with Crippen molar-refractivity contribution in [3.63, 3.8) is 0 Å². The molecule has 0 saturated heterocycles. The third-order valence-electron chi connectivity index (χ3n) is 3.64. The largest absolute Gasteiger partial charge is 0.320 e. The number of likely N-dealkylation sites (N-methyl/N-ethyl adjacent to an activating group) is 1. The Morgan fingerprint density at radius 2 is 1.84 bits per heavy atom. The number of rotatable bonds is 1. The molecule has 3 nitrogen and oxygen atoms in total. The Kier molecular flexibility index (Phi) is 2.84. The van der Waals surface area contributed by atoms with Crippen molar-refractivity contribution >= 4 is 11.6 Å². The number of hydrogen-bond acceptors (Lipinski definition) is 2. The molecule has 2 aromatic carbocycles. The van der Waals surface area contributed by atoms with Gasteiger partial charge < -0.3 is 10.6 Å². The van der Waals surface area contributed by atoms with E-state index in [4.69, 9.17) is 5.73 Å². The zero-order valence-electron chi connectivity index (χ0n) is 10.8. The fraction of sp³-hybridized carbons (Fsp3) is 0.188. The van der Waals surface area contributed by atoms with Crippen LogP contribution in [0, 0.1) is 0 Å². The van der Waals surface area contributed by atoms with Crippen LogP contribution < -0.4 is 10.6 Å². The van der Waals surface area contributed by atoms with E-state index in [0.29, 0.717) is 6.42 Å². The zero-order valence-corrected chi connectivity index (χ0v) is 10.8. The first-order chi connectivity index (χ1) is 9.16. The van der Waals surface area contributed by atoms with Crippen molar-refractivity contribution in [2.24, 2.45) is 5.73 Å². The van der Waals surface area contributed by atoms with Crippen molar-refractivity contribution in [2.45, 2.75) is 12.5 Å². The van der Waals surface area contributed by atoms with Crippen LogP contribution in [0.2, 0.25) is 0 Å². The summed E-state index contributed by atoms with van der Waals surface area (Å²) in [5.74, 6) is -0.0160. The quantitative estimate of drug-likeness (QED) is 0.845. The molecule has 0 bridgehead atoms. The van der Waals surface area contributed by atoms with Crippen LogP contribution in [0.15, 0.2) is 48.5 Å². The second-order valence-electron chi connectivity index (χ2n) is 4.92. The van der Waals surface area contributed by atoms with Crippen molar-refractivity contribution in [1.82, 2.24) is 0 Å². The fourth-order valence-electron chi connectivity index (χ4n) is 2.55. The molecular formula is C16H16N2O. The Morgan fingerprint density at radius 1 is 1.11 bits per heavy atom. The third kappa shape index (κ3) is 2.02. The van der Waals surface area contributed by atoms with Crippen LogP contribution in [0.5, 0.6) is 0 Å². The minimum Gasteiger partial charge on any atom is -0.320 e. The number of amides is 1. The molecule has 0 aromatic heterocycles. The molecule has 2 N–H and O–H groups in total. The lowest BCUT2D eigenvalue weighted by Gasteiger charge is -2.30. The standard InChI is InChI=1S/C16H16N2O/c1-18-15-10-12(11-5-3-2-4-6-11)7-8-13(15)9-14(17)16(18)19/h2-8,10,14H,9,17H2,1H3/t14-/m0/s1. The second-order valence-corrected chi connectivity index (χ2v) is 4.92. The summed E-state index contributed by atoms with van der Waals surface area (Å²) in [5, 5.41) is 0. The van der Waals surface area contributed by atoms with Crippen LogP contribution in [0.3, 0.4) is 0 Å². The Balaban J connectivity index is 2.07. The highest BCUT2D eigenvalue weighted by Crippen LogP contribution is 2.31. The number of carbonyl (C=O) groups is 1. The maximum Gasteiger partial charge on any atom is 0.243 e. The molecule has 0 unspecified atom stereocenters. The molecule has 1 aliphatic rings. The van der Waals surface area contributed by atoms with Crippen molar-refractivity contribution in [2.75, 3.05) is 11.9 Å². The van der Waals surface area contributed by atoms with Crippen molar-refractivity contribution in [3.05, 3.63) is 54.1 Å². The van der Waals surface area contributed by atoms with Crippen LogP contribution in [0.25, 0.3) is 11.1 Å². The maximum atomic E-state index is 11.9. The molecule has 1 amide bonds. The molecule has 19 heavy (non-hydrogen) atoms. The van der Waals surface area contributed by atoms with Crippen LogP contribution in [-0.2, 0) is 11.2 Å². The van der Waals surface area contributed by atoms with E-state index in [9.17, 15) is 4.79 Å². The number of nitrogens with two attached hydrogens (primary N) is 1. The van der Waals surface area contributed by atoms with Gasteiger partial charge >= 0.3 is 0 Å². The second kappa shape index (κ2) is 4.52. The van der Waals surface area contributed by atoms with Crippen LogP contribution in [-0.4, -0.2) is 19.0 Å². The van der Waals surface area contributed by atoms with Gasteiger partial charge in [-0.25, -0.2) is 0 Å². The minimum atomic E-state index is -0.417. The Hall–Kier alpha value is -2.13. The molecule has 0 radical (unpaired) electrons. The normalized spacial score (nSPS) is 18.3. The van der Waals surface area contributed by atoms with E-state index in [2.05, 4.69) is 30.3 Å². The van der Waals surface area contributed by atoms with E-state index in [1.807, 2.05) is 18.2 Å². The molecule has 3 heteroatoms. The number of benzene rings is 2. The predicted octanol–water partition coefficient (Wildman–Crippen LogP) is 2.20. The molecule has 3 rings (SSSR count). The van der Waals surface area contributed by atoms with Gasteiger partial charge in [0.15, 0.2) is 0 Å². The average Bonchev–Trinajstić information content (AvgIpc) is 2.46. The number of anilines is 1. The number of nitrogens with zero attached hydrogens (tertiary/aromatic N) is 1. The molecular weight excluding hydrogens is 236 g/mol. The first-order valence-electron chi connectivity index (χ1n) is 6.38. The van der Waals surface area contributed by atoms with Gasteiger partial charge in [-0.3, -0.25) is 4.79 Å². The highest BCUT2D eigenvalue weighted by Gasteiger charge is 2.27. The maximum absolute atomic E-state index is 11.9. The van der Waals surface area contributed by atoms with Crippen molar-refractivity contribution < 1.29 is 4.79 Å². The van der Waals surface area contributed by atoms with Crippen LogP contribution in [0.1, 0.15) is 5.56 Å². The highest BCUT2D eigenvalue weighted by molar-refractivity contribution is 6.00. The zero-order chi connectivity index (χ0) is 13.4. The van der Waals surface area contributed by atoms with E-state index >= 15 is 0 Å². The SMILES string of the molecule is CN1C(=O)[C@@H](N)Cc2ccc(-c3ccccc3)cc21. The number of fused-ring (bicyclic) bond motifs is 1. The summed E-state index contributed by atoms with van der Waals surface area (Å²) in [7, 11) is 1.79. The molecule has 0 fully saturated rings. The Labute approximate surface area is 112 Å². The molecule has 0 spiro atoms. The summed E-state index contributed by atoms with van der Waals surface area (Å²) in [5.41, 5.74) is 10.2. The molecule has 96 valence electrons. The van der Waals surface area contributed by atoms with Crippen LogP contribution in [0.4, 0.5) is 5.69 Å². The lowest BCUT2D eigenvalue weighted by atomic mass is 9.94. The molecule has 0 aliphatic carbocycles. The summed E-state index contributed by atoms with van der Waals surface area (Å²) >= 11 is 0. The van der Waals surface area contributed by atoms with E-state index in [1.165, 1.54) is 0 Å². The molecule has 1 heterocycles. The summed E-state index contributed by atoms with van der Waals surface area (Å²) in [4.78, 5) is 13.6. The lowest BCUT2D eigenvalue weighted by molar-refractivity contribution is -0.119. The summed E-state index contributed by atoms with van der Waals surface area (Å²) in [6, 6.07) is 16.0.